The predicted molar refractivity (Wildman–Crippen MR) is 199 cm³/mol. The van der Waals surface area contributed by atoms with E-state index in [0.29, 0.717) is 61.3 Å². The van der Waals surface area contributed by atoms with Crippen LogP contribution in [-0.4, -0.2) is 82.4 Å². The molecule has 0 saturated carbocycles. The van der Waals surface area contributed by atoms with E-state index < -0.39 is 24.4 Å². The van der Waals surface area contributed by atoms with Gasteiger partial charge in [-0.15, -0.1) is 0 Å². The topological polar surface area (TPSA) is 84.8 Å². The fraction of sp³-hybridized carbons (Fsp3) is 0.692. The van der Waals surface area contributed by atoms with Crippen LogP contribution >= 0.6 is 27.5 Å². The average Bonchev–Trinajstić information content (AvgIpc) is 3.10. The summed E-state index contributed by atoms with van der Waals surface area (Å²) in [4.78, 5) is 0. The van der Waals surface area contributed by atoms with Gasteiger partial charge in [-0.05, 0) is 84.3 Å². The minimum Gasteiger partial charge on any atom is -0.494 e. The number of aliphatic hydroxyl groups excluding tert-OH is 1. The van der Waals surface area contributed by atoms with Crippen LogP contribution in [0.4, 0.5) is 0 Å². The van der Waals surface area contributed by atoms with E-state index in [9.17, 15) is 5.11 Å². The quantitative estimate of drug-likeness (QED) is 0.100. The van der Waals surface area contributed by atoms with Crippen molar-refractivity contribution in [1.82, 2.24) is 0 Å². The number of ether oxygens (including phenoxy) is 7. The van der Waals surface area contributed by atoms with Crippen LogP contribution in [0.2, 0.25) is 5.02 Å². The predicted octanol–water partition coefficient (Wildman–Crippen LogP) is 9.28. The van der Waals surface area contributed by atoms with Gasteiger partial charge in [0.2, 0.25) is 0 Å². The Bertz CT molecular complexity index is 1180. The molecule has 0 radical (unpaired) electrons. The van der Waals surface area contributed by atoms with E-state index >= 15 is 0 Å². The zero-order valence-electron chi connectivity index (χ0n) is 30.4. The summed E-state index contributed by atoms with van der Waals surface area (Å²) < 4.78 is 45.8. The summed E-state index contributed by atoms with van der Waals surface area (Å²) in [6.07, 6.45) is 6.23. The second-order valence-electron chi connectivity index (χ2n) is 12.5. The number of aliphatic hydroxyl groups is 1. The van der Waals surface area contributed by atoms with Gasteiger partial charge >= 0.3 is 0 Å². The van der Waals surface area contributed by atoms with Gasteiger partial charge in [-0.1, -0.05) is 77.1 Å². The summed E-state index contributed by atoms with van der Waals surface area (Å²) in [6.45, 7) is 13.9. The Hall–Kier alpha value is -1.43. The third-order valence-electron chi connectivity index (χ3n) is 8.52. The highest BCUT2D eigenvalue weighted by Gasteiger charge is 2.49. The Labute approximate surface area is 308 Å². The average molecular weight is 772 g/mol. The van der Waals surface area contributed by atoms with Gasteiger partial charge in [0, 0.05) is 32.0 Å². The van der Waals surface area contributed by atoms with Gasteiger partial charge in [0.1, 0.15) is 42.9 Å². The van der Waals surface area contributed by atoms with Crippen molar-refractivity contribution in [2.45, 2.75) is 123 Å². The highest BCUT2D eigenvalue weighted by molar-refractivity contribution is 9.10. The first-order chi connectivity index (χ1) is 23.9. The maximum absolute atomic E-state index is 9.69. The Kier molecular flexibility index (Phi) is 20.5. The maximum atomic E-state index is 9.69. The molecular weight excluding hydrogens is 712 g/mol. The first kappa shape index (κ1) is 42.0. The lowest BCUT2D eigenvalue weighted by molar-refractivity contribution is -0.268. The lowest BCUT2D eigenvalue weighted by atomic mass is 9.89. The minimum absolute atomic E-state index is 0.0935. The van der Waals surface area contributed by atoms with Crippen molar-refractivity contribution in [3.8, 4) is 11.5 Å². The summed E-state index contributed by atoms with van der Waals surface area (Å²) >= 11 is 10.9. The van der Waals surface area contributed by atoms with Crippen LogP contribution in [0.3, 0.4) is 0 Å². The molecule has 0 bridgehead atoms. The molecule has 0 aliphatic carbocycles. The minimum atomic E-state index is -0.545. The third-order valence-corrected chi connectivity index (χ3v) is 9.75. The molecule has 49 heavy (non-hydrogen) atoms. The van der Waals surface area contributed by atoms with Gasteiger partial charge in [-0.3, -0.25) is 0 Å². The highest BCUT2D eigenvalue weighted by atomic mass is 79.9. The summed E-state index contributed by atoms with van der Waals surface area (Å²) in [6, 6.07) is 10.1. The smallest absolute Gasteiger partial charge is 0.152 e. The molecule has 5 atom stereocenters. The molecule has 0 amide bonds. The lowest BCUT2D eigenvalue weighted by Gasteiger charge is -2.47. The first-order valence-electron chi connectivity index (χ1n) is 18.5. The number of hydrogen-bond donors (Lipinski definition) is 1. The van der Waals surface area contributed by atoms with Gasteiger partial charge < -0.3 is 38.3 Å². The molecule has 1 N–H and O–H groups in total. The van der Waals surface area contributed by atoms with E-state index in [2.05, 4.69) is 49.7 Å². The number of halogens is 2. The molecule has 1 aliphatic heterocycles. The molecular formula is C39H60BrClO8. The first-order valence-corrected chi connectivity index (χ1v) is 19.6. The summed E-state index contributed by atoms with van der Waals surface area (Å²) in [5.41, 5.74) is 2.78. The number of benzene rings is 2. The molecule has 0 aromatic heterocycles. The van der Waals surface area contributed by atoms with Gasteiger partial charge in [0.25, 0.3) is 0 Å². The van der Waals surface area contributed by atoms with Crippen molar-refractivity contribution < 1.29 is 38.3 Å². The molecule has 2 aromatic rings. The van der Waals surface area contributed by atoms with Crippen molar-refractivity contribution in [1.29, 1.82) is 0 Å². The van der Waals surface area contributed by atoms with E-state index in [1.54, 1.807) is 0 Å². The fourth-order valence-corrected chi connectivity index (χ4v) is 6.83. The zero-order chi connectivity index (χ0) is 35.4. The van der Waals surface area contributed by atoms with E-state index in [1.165, 1.54) is 0 Å². The van der Waals surface area contributed by atoms with Crippen molar-refractivity contribution in [2.24, 2.45) is 0 Å². The second-order valence-corrected chi connectivity index (χ2v) is 13.7. The van der Waals surface area contributed by atoms with Crippen LogP contribution in [0.1, 0.15) is 109 Å². The van der Waals surface area contributed by atoms with Crippen LogP contribution in [0.15, 0.2) is 34.8 Å². The van der Waals surface area contributed by atoms with E-state index in [-0.39, 0.29) is 19.3 Å². The monoisotopic (exact) mass is 770 g/mol. The van der Waals surface area contributed by atoms with Crippen molar-refractivity contribution in [3.05, 3.63) is 56.5 Å². The second kappa shape index (κ2) is 23.9. The van der Waals surface area contributed by atoms with Crippen molar-refractivity contribution in [3.63, 3.8) is 0 Å². The van der Waals surface area contributed by atoms with E-state index in [4.69, 9.17) is 44.8 Å². The van der Waals surface area contributed by atoms with Gasteiger partial charge in [-0.2, -0.15) is 0 Å². The normalized spacial score (nSPS) is 20.9. The molecule has 8 nitrogen and oxygen atoms in total. The number of hydrogen-bond acceptors (Lipinski definition) is 8. The molecule has 1 fully saturated rings. The molecule has 1 saturated heterocycles. The molecule has 1 aliphatic rings. The Morgan fingerprint density at radius 1 is 0.755 bits per heavy atom. The van der Waals surface area contributed by atoms with Crippen LogP contribution in [0.25, 0.3) is 0 Å². The Balaban J connectivity index is 2.14. The highest BCUT2D eigenvalue weighted by Crippen LogP contribution is 2.47. The van der Waals surface area contributed by atoms with Gasteiger partial charge in [0.15, 0.2) is 5.75 Å². The van der Waals surface area contributed by atoms with Crippen LogP contribution in [-0.2, 0) is 30.1 Å². The number of rotatable bonds is 25. The molecule has 0 unspecified atom stereocenters. The molecule has 1 heterocycles. The molecule has 3 rings (SSSR count). The fourth-order valence-electron chi connectivity index (χ4n) is 5.80. The lowest BCUT2D eigenvalue weighted by Crippen LogP contribution is -2.58. The zero-order valence-corrected chi connectivity index (χ0v) is 32.7. The van der Waals surface area contributed by atoms with Gasteiger partial charge in [-0.25, -0.2) is 0 Å². The molecule has 10 heteroatoms. The van der Waals surface area contributed by atoms with E-state index in [0.717, 1.165) is 73.8 Å². The standard InChI is InChI=1S/C39H60BrClO8/c1-6-11-20-43-27-32-36(45-21-12-7-2)39(47-23-14-9-4)38(46-22-13-8-3)35(49-32)31-26-29(34(41)37(33(31)40)48-24-19-42)25-28-15-17-30(18-16-28)44-10-5/h15-18,26,32,35-36,38-39,42H,6-14,19-25,27H2,1-5H3/t32-,35+,36-,38+,39+/m1/s1. The van der Waals surface area contributed by atoms with E-state index in [1.807, 2.05) is 31.2 Å². The van der Waals surface area contributed by atoms with Crippen molar-refractivity contribution >= 4 is 27.5 Å². The summed E-state index contributed by atoms with van der Waals surface area (Å²) in [5.74, 6) is 1.28. The SMILES string of the molecule is CCCCOC[C@H]1O[C@@H](c2cc(Cc3ccc(OCC)cc3)c(Cl)c(OCCO)c2Br)[C@H](OCCCC)[C@@H](OCCCC)[C@@H]1OCCCC. The van der Waals surface area contributed by atoms with Crippen molar-refractivity contribution in [2.75, 3.05) is 52.9 Å². The Morgan fingerprint density at radius 2 is 1.35 bits per heavy atom. The number of unbranched alkanes of at least 4 members (excludes halogenated alkanes) is 4. The molecule has 0 spiro atoms. The van der Waals surface area contributed by atoms with Crippen LogP contribution in [0, 0.1) is 0 Å². The molecule has 278 valence electrons. The van der Waals surface area contributed by atoms with Gasteiger partial charge in [0.05, 0.1) is 29.3 Å². The van der Waals surface area contributed by atoms with Crippen LogP contribution in [0.5, 0.6) is 11.5 Å². The summed E-state index contributed by atoms with van der Waals surface area (Å²) in [7, 11) is 0. The molecule has 2 aromatic carbocycles. The largest absolute Gasteiger partial charge is 0.494 e. The Morgan fingerprint density at radius 3 is 1.94 bits per heavy atom. The summed E-state index contributed by atoms with van der Waals surface area (Å²) in [5, 5.41) is 10.2. The third kappa shape index (κ3) is 12.9. The maximum Gasteiger partial charge on any atom is 0.152 e. The van der Waals surface area contributed by atoms with Crippen LogP contribution < -0.4 is 9.47 Å².